The summed E-state index contributed by atoms with van der Waals surface area (Å²) in [7, 11) is -4.11. The molecule has 0 unspecified atom stereocenters. The van der Waals surface area contributed by atoms with Crippen LogP contribution in [-0.4, -0.2) is 109 Å². The number of nitriles is 3. The van der Waals surface area contributed by atoms with Crippen molar-refractivity contribution in [2.24, 2.45) is 0 Å². The highest BCUT2D eigenvalue weighted by atomic mass is 32.2. The Morgan fingerprint density at radius 3 is 2.33 bits per heavy atom. The monoisotopic (exact) mass is 654 g/mol. The summed E-state index contributed by atoms with van der Waals surface area (Å²) in [4.78, 5) is 16.7. The summed E-state index contributed by atoms with van der Waals surface area (Å²) in [5.41, 5.74) is 0.0156. The van der Waals surface area contributed by atoms with E-state index in [1.54, 1.807) is 36.4 Å². The van der Waals surface area contributed by atoms with Gasteiger partial charge in [-0.3, -0.25) is 14.2 Å². The van der Waals surface area contributed by atoms with Gasteiger partial charge in [-0.15, -0.1) is 5.10 Å². The number of aromatic nitrogens is 3. The minimum atomic E-state index is -4.11. The molecule has 2 aliphatic heterocycles. The summed E-state index contributed by atoms with van der Waals surface area (Å²) in [5, 5.41) is 77.4. The number of rotatable bonds is 11. The molecule has 1 saturated heterocycles. The van der Waals surface area contributed by atoms with Gasteiger partial charge in [0.15, 0.2) is 11.8 Å². The Balaban J connectivity index is 1.64. The topological polar surface area (TPSA) is 270 Å². The molecule has 0 aliphatic carbocycles. The van der Waals surface area contributed by atoms with Gasteiger partial charge in [-0.05, 0) is 31.0 Å². The molecule has 242 valence electrons. The average molecular weight is 655 g/mol. The number of hydrogen-bond acceptors (Lipinski definition) is 14. The number of aliphatic hydroxyl groups excluding tert-OH is 4. The van der Waals surface area contributed by atoms with Gasteiger partial charge < -0.3 is 30.1 Å². The van der Waals surface area contributed by atoms with Crippen molar-refractivity contribution in [2.75, 3.05) is 30.3 Å². The molecule has 5 N–H and O–H groups in total. The van der Waals surface area contributed by atoms with Gasteiger partial charge in [-0.25, -0.2) is 4.68 Å². The molecule has 1 aromatic heterocycles. The molecule has 2 aliphatic rings. The van der Waals surface area contributed by atoms with E-state index in [0.29, 0.717) is 24.3 Å². The minimum Gasteiger partial charge on any atom is -0.394 e. The fraction of sp³-hybridized carbons (Fsp3) is 0.429. The zero-order chi connectivity index (χ0) is 33.8. The van der Waals surface area contributed by atoms with Crippen molar-refractivity contribution in [2.45, 2.75) is 50.5 Å². The molecule has 4 rings (SSSR count). The maximum absolute atomic E-state index is 13.8. The number of anilines is 1. The van der Waals surface area contributed by atoms with Gasteiger partial charge in [0.2, 0.25) is 0 Å². The van der Waals surface area contributed by atoms with Crippen molar-refractivity contribution < 1.29 is 42.9 Å². The second kappa shape index (κ2) is 14.2. The molecule has 2 aromatic rings. The molecule has 5 atom stereocenters. The van der Waals surface area contributed by atoms with E-state index in [9.17, 15) is 49.4 Å². The zero-order valence-electron chi connectivity index (χ0n) is 24.4. The van der Waals surface area contributed by atoms with Crippen molar-refractivity contribution >= 4 is 27.3 Å². The van der Waals surface area contributed by atoms with Crippen LogP contribution in [0.2, 0.25) is 0 Å². The molecule has 0 saturated carbocycles. The van der Waals surface area contributed by atoms with Crippen LogP contribution in [0, 0.1) is 34.0 Å². The number of carbonyl (C=O) groups excluding carboxylic acids is 1. The maximum atomic E-state index is 13.8. The number of aliphatic hydroxyl groups is 4. The number of carbonyl (C=O) groups is 1. The van der Waals surface area contributed by atoms with Gasteiger partial charge in [0.1, 0.15) is 48.3 Å². The van der Waals surface area contributed by atoms with Crippen LogP contribution in [0.25, 0.3) is 5.57 Å². The molecule has 0 bridgehead atoms. The molecular formula is C28H30N8O9S. The molecule has 0 radical (unpaired) electrons. The van der Waals surface area contributed by atoms with E-state index in [1.165, 1.54) is 6.20 Å². The third kappa shape index (κ3) is 6.91. The van der Waals surface area contributed by atoms with Crippen molar-refractivity contribution in [1.82, 2.24) is 19.9 Å². The largest absolute Gasteiger partial charge is 0.394 e. The van der Waals surface area contributed by atoms with Crippen molar-refractivity contribution in [1.29, 1.82) is 15.8 Å². The molecule has 1 aromatic carbocycles. The first-order valence-corrected chi connectivity index (χ1v) is 15.5. The lowest BCUT2D eigenvalue weighted by molar-refractivity contribution is -0.254. The lowest BCUT2D eigenvalue weighted by atomic mass is 9.98. The second-order valence-corrected chi connectivity index (χ2v) is 11.9. The van der Waals surface area contributed by atoms with Crippen LogP contribution < -0.4 is 4.90 Å². The van der Waals surface area contributed by atoms with Gasteiger partial charge in [-0.1, -0.05) is 17.3 Å². The highest BCUT2D eigenvalue weighted by Gasteiger charge is 2.45. The highest BCUT2D eigenvalue weighted by molar-refractivity contribution is 7.85. The van der Waals surface area contributed by atoms with Gasteiger partial charge in [0.05, 0.1) is 41.9 Å². The predicted molar refractivity (Wildman–Crippen MR) is 156 cm³/mol. The van der Waals surface area contributed by atoms with Crippen LogP contribution in [0.3, 0.4) is 0 Å². The van der Waals surface area contributed by atoms with Crippen LogP contribution in [0.5, 0.6) is 0 Å². The number of benzene rings is 1. The number of amides is 1. The first-order valence-electron chi connectivity index (χ1n) is 13.9. The standard InChI is InChI=1S/C28H30N8O9S/c1-2-34(8-3-9-46(42,43)44)19-6-4-16(5-7-19)22-20(12-31)23(17(10-29)11-30)35(27(22)41)13-18-14-36(33-32-18)28-26(40)25(39)24(38)21(15-37)45-28/h4-7,14,21,24-26,28,37-40H,2-3,8-9,13,15H2,1H3,(H,42,43,44)/t21-,24-,25+,26-,28-/m1/s1. The van der Waals surface area contributed by atoms with E-state index >= 15 is 0 Å². The van der Waals surface area contributed by atoms with Gasteiger partial charge >= 0.3 is 0 Å². The fourth-order valence-corrected chi connectivity index (χ4v) is 5.73. The molecule has 46 heavy (non-hydrogen) atoms. The second-order valence-electron chi connectivity index (χ2n) is 10.4. The predicted octanol–water partition coefficient (Wildman–Crippen LogP) is -1.02. The summed E-state index contributed by atoms with van der Waals surface area (Å²) >= 11 is 0. The summed E-state index contributed by atoms with van der Waals surface area (Å²) in [5.74, 6) is -1.12. The Kier molecular flexibility index (Phi) is 10.5. The Hall–Kier alpha value is -4.71. The van der Waals surface area contributed by atoms with E-state index < -0.39 is 64.6 Å². The van der Waals surface area contributed by atoms with Crippen molar-refractivity contribution in [3.63, 3.8) is 0 Å². The summed E-state index contributed by atoms with van der Waals surface area (Å²) in [6.07, 6.45) is -6.08. The van der Waals surface area contributed by atoms with Crippen LogP contribution in [0.15, 0.2) is 47.3 Å². The smallest absolute Gasteiger partial charge is 0.264 e. The lowest BCUT2D eigenvalue weighted by Crippen LogP contribution is -2.56. The Morgan fingerprint density at radius 2 is 1.76 bits per heavy atom. The number of allylic oxidation sites excluding steroid dienone is 2. The minimum absolute atomic E-state index is 0.0791. The SMILES string of the molecule is CCN(CCCS(=O)(=O)O)c1ccc(C2=C(C#N)C(=C(C#N)C#N)N(Cc3cn([C@@H]4O[C@H](CO)[C@@H](O)[C@H](O)[C@H]4O)nn3)C2=O)cc1. The molecular weight excluding hydrogens is 624 g/mol. The third-order valence-corrected chi connectivity index (χ3v) is 8.33. The van der Waals surface area contributed by atoms with E-state index in [4.69, 9.17) is 9.29 Å². The van der Waals surface area contributed by atoms with Gasteiger partial charge in [0, 0.05) is 18.8 Å². The quantitative estimate of drug-likeness (QED) is 0.143. The van der Waals surface area contributed by atoms with E-state index in [1.807, 2.05) is 17.9 Å². The Bertz CT molecular complexity index is 1750. The van der Waals surface area contributed by atoms with Crippen LogP contribution in [0.4, 0.5) is 5.69 Å². The van der Waals surface area contributed by atoms with Crippen molar-refractivity contribution in [3.05, 3.63) is 58.6 Å². The third-order valence-electron chi connectivity index (χ3n) is 7.53. The number of nitrogens with zero attached hydrogens (tertiary/aromatic N) is 8. The molecule has 1 fully saturated rings. The molecule has 0 spiro atoms. The normalized spacial score (nSPS) is 23.2. The van der Waals surface area contributed by atoms with Crippen LogP contribution >= 0.6 is 0 Å². The molecule has 3 heterocycles. The molecule has 17 nitrogen and oxygen atoms in total. The summed E-state index contributed by atoms with van der Waals surface area (Å²) in [6, 6.07) is 11.8. The maximum Gasteiger partial charge on any atom is 0.264 e. The average Bonchev–Trinajstić information content (AvgIpc) is 3.61. The zero-order valence-corrected chi connectivity index (χ0v) is 25.2. The first-order chi connectivity index (χ1) is 21.9. The molecule has 18 heteroatoms. The molecule has 1 amide bonds. The summed E-state index contributed by atoms with van der Waals surface area (Å²) in [6.45, 7) is 1.64. The Labute approximate surface area is 263 Å². The van der Waals surface area contributed by atoms with Crippen molar-refractivity contribution in [3.8, 4) is 18.2 Å². The van der Waals surface area contributed by atoms with E-state index in [2.05, 4.69) is 10.3 Å². The van der Waals surface area contributed by atoms with Gasteiger partial charge in [0.25, 0.3) is 16.0 Å². The van der Waals surface area contributed by atoms with E-state index in [-0.39, 0.29) is 35.5 Å². The first kappa shape index (κ1) is 34.2. The van der Waals surface area contributed by atoms with E-state index in [0.717, 1.165) is 9.58 Å². The number of ether oxygens (including phenoxy) is 1. The van der Waals surface area contributed by atoms with Crippen LogP contribution in [-0.2, 0) is 26.2 Å². The van der Waals surface area contributed by atoms with Gasteiger partial charge in [-0.2, -0.15) is 24.2 Å². The number of hydrogen-bond donors (Lipinski definition) is 5. The summed E-state index contributed by atoms with van der Waals surface area (Å²) < 4.78 is 37.7. The highest BCUT2D eigenvalue weighted by Crippen LogP contribution is 2.38. The van der Waals surface area contributed by atoms with Crippen LogP contribution in [0.1, 0.15) is 30.8 Å². The Morgan fingerprint density at radius 1 is 1.09 bits per heavy atom. The fourth-order valence-electron chi connectivity index (χ4n) is 5.23. The lowest BCUT2D eigenvalue weighted by Gasteiger charge is -2.39.